The van der Waals surface area contributed by atoms with E-state index in [0.29, 0.717) is 53.9 Å². The van der Waals surface area contributed by atoms with Crippen molar-refractivity contribution in [1.82, 2.24) is 19.9 Å². The number of alkyl halides is 2. The smallest absolute Gasteiger partial charge is 0.410 e. The highest BCUT2D eigenvalue weighted by Gasteiger charge is 2.54. The number of carbonyl (C=O) groups excluding carboxylic acids is 1. The number of nitrogens with zero attached hydrogens (tertiary/aromatic N) is 5. The number of ether oxygens (including phenoxy) is 1. The second-order valence-corrected chi connectivity index (χ2v) is 19.7. The number of fused-ring (bicyclic) bond motifs is 3. The molecule has 1 N–H and O–H groups in total. The van der Waals surface area contributed by atoms with Crippen molar-refractivity contribution in [1.29, 1.82) is 0 Å². The molecule has 49 heavy (non-hydrogen) atoms. The van der Waals surface area contributed by atoms with Crippen LogP contribution in [0.4, 0.5) is 29.5 Å². The van der Waals surface area contributed by atoms with Gasteiger partial charge in [-0.2, -0.15) is 8.78 Å². The minimum absolute atomic E-state index is 0.0321. The number of halogens is 3. The first kappa shape index (κ1) is 36.8. The van der Waals surface area contributed by atoms with Crippen LogP contribution in [0, 0.1) is 12.7 Å². The van der Waals surface area contributed by atoms with E-state index in [9.17, 15) is 4.79 Å². The van der Waals surface area contributed by atoms with Crippen LogP contribution >= 0.6 is 0 Å². The average molecular weight is 701 g/mol. The first-order valence-electron chi connectivity index (χ1n) is 17.4. The average Bonchev–Trinajstić information content (AvgIpc) is 3.02. The molecule has 3 unspecified atom stereocenters. The van der Waals surface area contributed by atoms with E-state index in [4.69, 9.17) is 9.16 Å². The molecule has 13 heteroatoms. The van der Waals surface area contributed by atoms with E-state index in [-0.39, 0.29) is 23.7 Å². The van der Waals surface area contributed by atoms with Gasteiger partial charge in [-0.15, -0.1) is 0 Å². The van der Waals surface area contributed by atoms with Crippen LogP contribution in [0.25, 0.3) is 11.0 Å². The van der Waals surface area contributed by atoms with E-state index in [1.165, 1.54) is 26.0 Å². The van der Waals surface area contributed by atoms with E-state index >= 15 is 13.2 Å². The standard InChI is InChI=1S/C36H51F3N6O3Si/c1-11-49(12-2,13-3)48-35(9,10)36(38,39)29-16-14-15-27(30(29)37)22(4)41-32-28-18-24(19-40-31(28)42-23(5)43-32)44-20-25-17-26(21-44)45(25)33(46)47-34(6,7)8/h14-16,18-19,22,25-26H,11-13,17,20-21H2,1-10H3,(H,40,41,42,43). The maximum Gasteiger partial charge on any atom is 0.410 e. The Hall–Kier alpha value is -3.45. The largest absolute Gasteiger partial charge is 0.444 e. The van der Waals surface area contributed by atoms with E-state index in [2.05, 4.69) is 25.2 Å². The van der Waals surface area contributed by atoms with E-state index in [1.54, 1.807) is 20.0 Å². The van der Waals surface area contributed by atoms with Crippen molar-refractivity contribution in [3.8, 4) is 0 Å². The normalized spacial score (nSPS) is 19.1. The SMILES string of the molecule is CC[Si](CC)(CC)OC(C)(C)C(F)(F)c1cccc(C(C)Nc2nc(C)nc3ncc(N4CC5CC(C4)N5C(=O)OC(C)(C)C)cc23)c1F. The van der Waals surface area contributed by atoms with Crippen LogP contribution in [0.15, 0.2) is 30.5 Å². The third-order valence-electron chi connectivity index (χ3n) is 10.2. The maximum atomic E-state index is 16.2. The second kappa shape index (κ2) is 13.4. The highest BCUT2D eigenvalue weighted by Crippen LogP contribution is 2.46. The number of nitrogens with one attached hydrogen (secondary N) is 1. The van der Waals surface area contributed by atoms with Crippen LogP contribution < -0.4 is 10.2 Å². The van der Waals surface area contributed by atoms with Gasteiger partial charge in [-0.3, -0.25) is 4.90 Å². The zero-order valence-electron chi connectivity index (χ0n) is 30.5. The number of aryl methyl sites for hydroxylation is 1. The minimum atomic E-state index is -3.59. The molecule has 6 rings (SSSR count). The predicted octanol–water partition coefficient (Wildman–Crippen LogP) is 8.74. The fraction of sp³-hybridized carbons (Fsp3) is 0.611. The summed E-state index contributed by atoms with van der Waals surface area (Å²) in [6.45, 7) is 19.0. The van der Waals surface area contributed by atoms with E-state index in [1.807, 2.05) is 52.5 Å². The lowest BCUT2D eigenvalue weighted by molar-refractivity contribution is -0.161. The summed E-state index contributed by atoms with van der Waals surface area (Å²) < 4.78 is 60.5. The van der Waals surface area contributed by atoms with Crippen LogP contribution in [0.3, 0.4) is 0 Å². The summed E-state index contributed by atoms with van der Waals surface area (Å²) >= 11 is 0. The molecular formula is C36H51F3N6O3Si. The molecule has 9 nitrogen and oxygen atoms in total. The number of carbonyl (C=O) groups is 1. The second-order valence-electron chi connectivity index (χ2n) is 15.0. The van der Waals surface area contributed by atoms with Gasteiger partial charge < -0.3 is 19.4 Å². The number of benzene rings is 1. The molecule has 268 valence electrons. The summed E-state index contributed by atoms with van der Waals surface area (Å²) in [6.07, 6.45) is 2.37. The van der Waals surface area contributed by atoms with Crippen molar-refractivity contribution in [3.05, 3.63) is 53.2 Å². The Morgan fingerprint density at radius 3 is 2.29 bits per heavy atom. The number of anilines is 2. The molecule has 1 amide bonds. The van der Waals surface area contributed by atoms with Gasteiger partial charge >= 0.3 is 12.0 Å². The molecule has 0 spiro atoms. The molecule has 3 aromatic rings. The molecule has 0 saturated carbocycles. The summed E-state index contributed by atoms with van der Waals surface area (Å²) in [5, 5.41) is 3.89. The number of rotatable bonds is 11. The van der Waals surface area contributed by atoms with Gasteiger partial charge in [-0.05, 0) is 85.2 Å². The molecule has 3 aliphatic rings. The Kier molecular flexibility index (Phi) is 10.0. The Balaban J connectivity index is 1.39. The Labute approximate surface area is 289 Å². The quantitative estimate of drug-likeness (QED) is 0.199. The van der Waals surface area contributed by atoms with Gasteiger partial charge in [0.2, 0.25) is 0 Å². The fourth-order valence-corrected chi connectivity index (χ4v) is 10.3. The lowest BCUT2D eigenvalue weighted by atomic mass is 9.87. The topological polar surface area (TPSA) is 92.7 Å². The number of piperazine rings is 1. The molecule has 5 heterocycles. The zero-order valence-corrected chi connectivity index (χ0v) is 31.5. The Bertz CT molecular complexity index is 1680. The van der Waals surface area contributed by atoms with Crippen LogP contribution in [-0.2, 0) is 15.1 Å². The highest BCUT2D eigenvalue weighted by atomic mass is 28.4. The van der Waals surface area contributed by atoms with Gasteiger partial charge in [0.25, 0.3) is 0 Å². The molecule has 3 aliphatic heterocycles. The maximum absolute atomic E-state index is 16.2. The number of amides is 1. The summed E-state index contributed by atoms with van der Waals surface area (Å²) in [7, 11) is -2.43. The third-order valence-corrected chi connectivity index (χ3v) is 15.0. The monoisotopic (exact) mass is 700 g/mol. The molecule has 3 saturated heterocycles. The molecule has 0 aliphatic carbocycles. The predicted molar refractivity (Wildman–Crippen MR) is 189 cm³/mol. The number of pyridine rings is 1. The molecule has 1 aromatic carbocycles. The van der Waals surface area contributed by atoms with Gasteiger partial charge in [0.1, 0.15) is 28.7 Å². The molecule has 3 fully saturated rings. The van der Waals surface area contributed by atoms with Gasteiger partial charge in [-0.1, -0.05) is 32.9 Å². The van der Waals surface area contributed by atoms with Crippen molar-refractivity contribution < 1.29 is 27.1 Å². The molecule has 2 aromatic heterocycles. The number of piperidine rings is 1. The van der Waals surface area contributed by atoms with Crippen LogP contribution in [0.1, 0.15) is 91.7 Å². The minimum Gasteiger partial charge on any atom is -0.444 e. The van der Waals surface area contributed by atoms with Crippen LogP contribution in [-0.4, -0.2) is 70.6 Å². The number of hydrogen-bond donors (Lipinski definition) is 1. The lowest BCUT2D eigenvalue weighted by Crippen LogP contribution is -2.70. The Morgan fingerprint density at radius 2 is 1.69 bits per heavy atom. The highest BCUT2D eigenvalue weighted by molar-refractivity contribution is 6.73. The fourth-order valence-electron chi connectivity index (χ4n) is 7.13. The van der Waals surface area contributed by atoms with Crippen LogP contribution in [0.5, 0.6) is 0 Å². The zero-order chi connectivity index (χ0) is 36.1. The summed E-state index contributed by atoms with van der Waals surface area (Å²) in [6, 6.07) is 7.52. The van der Waals surface area contributed by atoms with Crippen molar-refractivity contribution >= 4 is 36.9 Å². The molecule has 3 atom stereocenters. The summed E-state index contributed by atoms with van der Waals surface area (Å²) in [5.41, 5.74) is -1.77. The van der Waals surface area contributed by atoms with Crippen LogP contribution in [0.2, 0.25) is 18.1 Å². The lowest BCUT2D eigenvalue weighted by Gasteiger charge is -2.56. The van der Waals surface area contributed by atoms with Crippen molar-refractivity contribution in [2.24, 2.45) is 0 Å². The van der Waals surface area contributed by atoms with Gasteiger partial charge in [0.15, 0.2) is 14.0 Å². The van der Waals surface area contributed by atoms with Gasteiger partial charge in [0, 0.05) is 18.7 Å². The number of hydrogen-bond acceptors (Lipinski definition) is 8. The number of aromatic nitrogens is 3. The van der Waals surface area contributed by atoms with E-state index in [0.717, 1.165) is 18.2 Å². The van der Waals surface area contributed by atoms with Crippen molar-refractivity contribution in [2.45, 2.75) is 129 Å². The first-order valence-corrected chi connectivity index (χ1v) is 19.9. The Morgan fingerprint density at radius 1 is 1.06 bits per heavy atom. The van der Waals surface area contributed by atoms with Crippen molar-refractivity contribution in [3.63, 3.8) is 0 Å². The van der Waals surface area contributed by atoms with Gasteiger partial charge in [0.05, 0.1) is 41.0 Å². The summed E-state index contributed by atoms with van der Waals surface area (Å²) in [4.78, 5) is 30.5. The first-order chi connectivity index (χ1) is 22.8. The molecule has 0 radical (unpaired) electrons. The molecule has 2 bridgehead atoms. The van der Waals surface area contributed by atoms with Crippen molar-refractivity contribution in [2.75, 3.05) is 23.3 Å². The molecular weight excluding hydrogens is 650 g/mol. The van der Waals surface area contributed by atoms with E-state index < -0.39 is 42.9 Å². The summed E-state index contributed by atoms with van der Waals surface area (Å²) in [5.74, 6) is -3.68. The third kappa shape index (κ3) is 7.10. The van der Waals surface area contributed by atoms with Gasteiger partial charge in [-0.25, -0.2) is 24.1 Å².